The number of carbonyl (C=O) groups excluding carboxylic acids is 7. The summed E-state index contributed by atoms with van der Waals surface area (Å²) in [4.78, 5) is 101. The standard InChI is InChI=1S/C63H86N12O26/c1-2-30(28-11-7-4-8-12-28)40-56(93)69-31(17-27-13-15-29(16-14-27)97-60-52(90)49(87)53(36(24-78)99-60)101-61-51(89)48(86)46(84)37(100-61)25-96-39(80)18-26-9-5-3-6-10-26)55(92)73-41(43(81)32-19-67-62(64)71-32)58(95)74-42(57(94)70-33(22-76)54(91)66-21-38(79)72-40)44(82)34-20-68-63(65)75(34)59-50(88)47(85)45(83)35(23-77)98-59/h3-16,30-37,40-53,59-61,76-78,81-90H,2,17-25H2,1H3,(H2,65,68)(H,66,91)(H,69,93)(H,70,94)(H,72,79)(H,73,92)(H,74,95)(H3,64,67,71). The van der Waals surface area contributed by atoms with Crippen LogP contribution < -0.4 is 52.6 Å². The van der Waals surface area contributed by atoms with Gasteiger partial charge in [0.15, 0.2) is 24.4 Å². The number of hydrogen-bond acceptors (Lipinski definition) is 28. The van der Waals surface area contributed by atoms with Gasteiger partial charge in [0.2, 0.25) is 41.7 Å². The van der Waals surface area contributed by atoms with E-state index in [4.69, 9.17) is 39.2 Å². The van der Waals surface area contributed by atoms with Gasteiger partial charge < -0.3 is 148 Å². The highest BCUT2D eigenvalue weighted by molar-refractivity contribution is 5.98. The van der Waals surface area contributed by atoms with E-state index in [0.717, 1.165) is 4.90 Å². The molecule has 6 aliphatic heterocycles. The third kappa shape index (κ3) is 18.1. The molecule has 0 saturated carbocycles. The predicted octanol–water partition coefficient (Wildman–Crippen LogP) is -11.0. The Hall–Kier alpha value is -8.39. The molecule has 6 amide bonds. The van der Waals surface area contributed by atoms with E-state index in [0.29, 0.717) is 11.1 Å². The van der Waals surface area contributed by atoms with Crippen molar-refractivity contribution in [1.82, 2.24) is 52.8 Å². The molecule has 0 bridgehead atoms. The minimum Gasteiger partial charge on any atom is -0.463 e. The molecule has 0 aromatic heterocycles. The summed E-state index contributed by atoms with van der Waals surface area (Å²) in [6, 6.07) is 9.30. The molecule has 38 nitrogen and oxygen atoms in total. The van der Waals surface area contributed by atoms with E-state index in [1.807, 2.05) is 0 Å². The molecule has 9 rings (SSSR count). The van der Waals surface area contributed by atoms with E-state index < -0.39 is 246 Å². The summed E-state index contributed by atoms with van der Waals surface area (Å²) in [5, 5.41) is 182. The minimum atomic E-state index is -2.37. The highest BCUT2D eigenvalue weighted by Gasteiger charge is 2.55. The second-order valence-electron chi connectivity index (χ2n) is 25.0. The van der Waals surface area contributed by atoms with E-state index in [1.165, 1.54) is 24.3 Å². The normalized spacial score (nSPS) is 34.9. The third-order valence-electron chi connectivity index (χ3n) is 18.3. The number of aliphatic hydroxyl groups excluding tert-OH is 13. The number of carbonyl (C=O) groups is 7. The molecule has 25 atom stereocenters. The van der Waals surface area contributed by atoms with Crippen LogP contribution in [0.1, 0.15) is 36.0 Å². The molecular formula is C63H86N12O26. The Bertz CT molecular complexity index is 3350. The lowest BCUT2D eigenvalue weighted by molar-refractivity contribution is -0.352. The molecule has 25 unspecified atom stereocenters. The van der Waals surface area contributed by atoms with E-state index >= 15 is 14.4 Å². The van der Waals surface area contributed by atoms with Crippen LogP contribution in [0, 0.1) is 10.8 Å². The fourth-order valence-electron chi connectivity index (χ4n) is 12.6. The van der Waals surface area contributed by atoms with Gasteiger partial charge in [-0.15, -0.1) is 0 Å². The molecule has 0 aliphatic carbocycles. The number of esters is 1. The first-order valence-corrected chi connectivity index (χ1v) is 32.5. The molecule has 0 spiro atoms. The SMILES string of the molecule is CCC(c1ccccc1)C1NC(=O)CNC(=O)C(CO)NC(=O)C(C(O)C2CNC(=N)N2C2OC(CO)C(O)C(O)C2O)NC(=O)C(C(O)C2CNC(=N)N2)NC(=O)C(Cc2ccc(OC3OC(CO)C(OC4OC(COC(=O)Cc5ccccc5)C(O)C(O)C4O)C(O)C3O)cc2)NC1=O. The molecule has 0 radical (unpaired) electrons. The summed E-state index contributed by atoms with van der Waals surface area (Å²) >= 11 is 0. The number of hydrogen-bond donors (Lipinski definition) is 24. The Morgan fingerprint density at radius 1 is 0.564 bits per heavy atom. The summed E-state index contributed by atoms with van der Waals surface area (Å²) in [7, 11) is 0. The molecule has 3 aromatic rings. The monoisotopic (exact) mass is 1430 g/mol. The Kier molecular flexibility index (Phi) is 26.2. The predicted molar refractivity (Wildman–Crippen MR) is 340 cm³/mol. The van der Waals surface area contributed by atoms with Crippen molar-refractivity contribution in [2.45, 2.75) is 179 Å². The lowest BCUT2D eigenvalue weighted by Crippen LogP contribution is -2.69. The van der Waals surface area contributed by atoms with Gasteiger partial charge in [-0.3, -0.25) is 44.4 Å². The van der Waals surface area contributed by atoms with Gasteiger partial charge in [-0.2, -0.15) is 0 Å². The second kappa shape index (κ2) is 34.5. The smallest absolute Gasteiger partial charge is 0.310 e. The lowest BCUT2D eigenvalue weighted by Gasteiger charge is -2.46. The van der Waals surface area contributed by atoms with Crippen molar-refractivity contribution in [2.75, 3.05) is 46.1 Å². The Morgan fingerprint density at radius 3 is 1.80 bits per heavy atom. The van der Waals surface area contributed by atoms with Crippen LogP contribution in [0.3, 0.4) is 0 Å². The molecule has 3 aromatic carbocycles. The number of rotatable bonds is 21. The van der Waals surface area contributed by atoms with Crippen LogP contribution in [0.4, 0.5) is 0 Å². The molecule has 6 aliphatic rings. The zero-order valence-corrected chi connectivity index (χ0v) is 54.2. The van der Waals surface area contributed by atoms with E-state index in [9.17, 15) is 85.6 Å². The topological polar surface area (TPSA) is 597 Å². The highest BCUT2D eigenvalue weighted by Crippen LogP contribution is 2.33. The largest absolute Gasteiger partial charge is 0.463 e. The van der Waals surface area contributed by atoms with Crippen molar-refractivity contribution in [1.29, 1.82) is 10.8 Å². The fraction of sp³-hybridized carbons (Fsp3) is 0.571. The first-order chi connectivity index (χ1) is 48.2. The van der Waals surface area contributed by atoms with Gasteiger partial charge in [0.25, 0.3) is 0 Å². The Morgan fingerprint density at radius 2 is 1.16 bits per heavy atom. The molecule has 24 N–H and O–H groups in total. The van der Waals surface area contributed by atoms with Crippen LogP contribution in [0.5, 0.6) is 5.75 Å². The summed E-state index contributed by atoms with van der Waals surface area (Å²) < 4.78 is 34.2. The maximum absolute atomic E-state index is 15.2. The Labute approximate surface area is 575 Å². The van der Waals surface area contributed by atoms with Crippen molar-refractivity contribution in [2.24, 2.45) is 0 Å². The molecule has 6 heterocycles. The van der Waals surface area contributed by atoms with Gasteiger partial charge in [-0.1, -0.05) is 79.7 Å². The molecule has 6 saturated heterocycles. The van der Waals surface area contributed by atoms with Crippen molar-refractivity contribution in [3.8, 4) is 5.75 Å². The molecular weight excluding hydrogens is 1340 g/mol. The van der Waals surface area contributed by atoms with Crippen LogP contribution in [0.15, 0.2) is 84.9 Å². The average Bonchev–Trinajstić information content (AvgIpc) is 1.74. The number of aliphatic hydroxyl groups is 13. The zero-order valence-electron chi connectivity index (χ0n) is 54.2. The van der Waals surface area contributed by atoms with E-state index in [2.05, 4.69) is 47.9 Å². The molecule has 6 fully saturated rings. The van der Waals surface area contributed by atoms with Gasteiger partial charge >= 0.3 is 5.97 Å². The maximum atomic E-state index is 15.2. The van der Waals surface area contributed by atoms with Crippen LogP contribution in [0.2, 0.25) is 0 Å². The summed E-state index contributed by atoms with van der Waals surface area (Å²) in [6.07, 6.45) is -32.4. The van der Waals surface area contributed by atoms with E-state index in [-0.39, 0.29) is 36.7 Å². The van der Waals surface area contributed by atoms with Gasteiger partial charge in [-0.05, 0) is 35.2 Å². The van der Waals surface area contributed by atoms with Crippen molar-refractivity contribution >= 4 is 53.3 Å². The van der Waals surface area contributed by atoms with Crippen molar-refractivity contribution in [3.05, 3.63) is 102 Å². The third-order valence-corrected chi connectivity index (χ3v) is 18.3. The molecule has 554 valence electrons. The quantitative estimate of drug-likeness (QED) is 0.0440. The summed E-state index contributed by atoms with van der Waals surface area (Å²) in [5.74, 6) is -10.0. The number of nitrogens with one attached hydrogen (secondary N) is 11. The van der Waals surface area contributed by atoms with Crippen LogP contribution in [-0.4, -0.2) is 317 Å². The number of amides is 6. The summed E-state index contributed by atoms with van der Waals surface area (Å²) in [6.45, 7) is -3.61. The second-order valence-corrected chi connectivity index (χ2v) is 25.0. The number of nitrogens with zero attached hydrogens (tertiary/aromatic N) is 1. The zero-order chi connectivity index (χ0) is 73.1. The van der Waals surface area contributed by atoms with Crippen LogP contribution in [0.25, 0.3) is 0 Å². The first kappa shape index (κ1) is 76.8. The van der Waals surface area contributed by atoms with Gasteiger partial charge in [0.1, 0.15) is 128 Å². The lowest BCUT2D eigenvalue weighted by atomic mass is 9.88. The number of ether oxygens (including phenoxy) is 6. The molecule has 101 heavy (non-hydrogen) atoms. The Balaban J connectivity index is 0.986. The highest BCUT2D eigenvalue weighted by atomic mass is 16.7. The van der Waals surface area contributed by atoms with Crippen molar-refractivity contribution < 1.29 is 128 Å². The van der Waals surface area contributed by atoms with Gasteiger partial charge in [-0.25, -0.2) is 0 Å². The average molecular weight is 1430 g/mol. The minimum absolute atomic E-state index is 0.0914. The van der Waals surface area contributed by atoms with Crippen LogP contribution in [-0.2, 0) is 70.1 Å². The number of guanidine groups is 2. The van der Waals surface area contributed by atoms with Gasteiger partial charge in [0.05, 0.1) is 44.9 Å². The number of benzene rings is 3. The first-order valence-electron chi connectivity index (χ1n) is 32.5. The maximum Gasteiger partial charge on any atom is 0.310 e. The van der Waals surface area contributed by atoms with Gasteiger partial charge in [0, 0.05) is 25.4 Å². The molecule has 38 heteroatoms. The summed E-state index contributed by atoms with van der Waals surface area (Å²) in [5.41, 5.74) is 1.34. The fourth-order valence-corrected chi connectivity index (χ4v) is 12.6. The van der Waals surface area contributed by atoms with E-state index in [1.54, 1.807) is 67.6 Å². The van der Waals surface area contributed by atoms with Crippen LogP contribution >= 0.6 is 0 Å². The van der Waals surface area contributed by atoms with Crippen molar-refractivity contribution in [3.63, 3.8) is 0 Å².